The fourth-order valence-corrected chi connectivity index (χ4v) is 3.91. The van der Waals surface area contributed by atoms with Crippen molar-refractivity contribution < 1.29 is 4.79 Å². The van der Waals surface area contributed by atoms with Crippen molar-refractivity contribution in [3.63, 3.8) is 0 Å². The molecular weight excluding hydrogens is 372 g/mol. The Bertz CT molecular complexity index is 1100. The highest BCUT2D eigenvalue weighted by Crippen LogP contribution is 2.34. The van der Waals surface area contributed by atoms with Crippen LogP contribution in [0.4, 0.5) is 5.82 Å². The second-order valence-electron chi connectivity index (χ2n) is 5.95. The molecule has 0 unspecified atom stereocenters. The number of fused-ring (bicyclic) bond motifs is 1. The zero-order chi connectivity index (χ0) is 18.4. The van der Waals surface area contributed by atoms with E-state index in [-0.39, 0.29) is 5.91 Å². The molecule has 0 spiro atoms. The summed E-state index contributed by atoms with van der Waals surface area (Å²) in [6.45, 7) is 3.85. The highest BCUT2D eigenvalue weighted by atomic mass is 35.5. The maximum atomic E-state index is 12.4. The second kappa shape index (κ2) is 6.22. The van der Waals surface area contributed by atoms with E-state index < -0.39 is 0 Å². The molecule has 9 heteroatoms. The van der Waals surface area contributed by atoms with Crippen LogP contribution in [0.15, 0.2) is 30.5 Å². The van der Waals surface area contributed by atoms with Crippen molar-refractivity contribution in [2.24, 2.45) is 7.05 Å². The molecule has 0 atom stereocenters. The Kier molecular flexibility index (Phi) is 4.01. The highest BCUT2D eigenvalue weighted by Gasteiger charge is 2.18. The van der Waals surface area contributed by atoms with E-state index >= 15 is 0 Å². The Morgan fingerprint density at radius 3 is 2.73 bits per heavy atom. The van der Waals surface area contributed by atoms with Gasteiger partial charge in [0.1, 0.15) is 5.82 Å². The molecule has 3 heterocycles. The summed E-state index contributed by atoms with van der Waals surface area (Å²) < 4.78 is 4.10. The standard InChI is InChI=1S/C17H15ClN6OS/c1-9-4-5-11(18)15-14(9)20-17(26-15)24-13(8-10(2)21-24)19-16(25)12-6-7-23(3)22-12/h4-8H,1-3H3,(H,19,25). The molecular formula is C17H15ClN6OS. The molecule has 0 radical (unpaired) electrons. The maximum absolute atomic E-state index is 12.4. The molecule has 0 aliphatic rings. The van der Waals surface area contributed by atoms with Gasteiger partial charge in [-0.25, -0.2) is 4.98 Å². The average molecular weight is 387 g/mol. The normalized spacial score (nSPS) is 11.2. The minimum atomic E-state index is -0.304. The number of rotatable bonds is 3. The van der Waals surface area contributed by atoms with Crippen molar-refractivity contribution in [2.75, 3.05) is 5.32 Å². The van der Waals surface area contributed by atoms with E-state index in [9.17, 15) is 4.79 Å². The van der Waals surface area contributed by atoms with Crippen molar-refractivity contribution in [1.82, 2.24) is 24.5 Å². The van der Waals surface area contributed by atoms with Gasteiger partial charge in [-0.05, 0) is 31.5 Å². The lowest BCUT2D eigenvalue weighted by Gasteiger charge is -2.04. The molecule has 0 fully saturated rings. The lowest BCUT2D eigenvalue weighted by molar-refractivity contribution is 0.102. The fourth-order valence-electron chi connectivity index (χ4n) is 2.63. The van der Waals surface area contributed by atoms with Crippen molar-refractivity contribution >= 4 is 44.9 Å². The number of amides is 1. The van der Waals surface area contributed by atoms with E-state index in [4.69, 9.17) is 11.6 Å². The molecule has 1 aromatic carbocycles. The molecule has 4 aromatic rings. The van der Waals surface area contributed by atoms with Crippen molar-refractivity contribution in [3.05, 3.63) is 52.4 Å². The van der Waals surface area contributed by atoms with Crippen LogP contribution in [0, 0.1) is 13.8 Å². The third-order valence-corrected chi connectivity index (χ3v) is 5.38. The zero-order valence-electron chi connectivity index (χ0n) is 14.3. The van der Waals surface area contributed by atoms with Gasteiger partial charge in [0.25, 0.3) is 5.91 Å². The van der Waals surface area contributed by atoms with Crippen LogP contribution in [0.1, 0.15) is 21.7 Å². The minimum Gasteiger partial charge on any atom is -0.305 e. The number of aromatic nitrogens is 5. The SMILES string of the molecule is Cc1cc(NC(=O)c2ccn(C)n2)n(-c2nc3c(C)ccc(Cl)c3s2)n1. The highest BCUT2D eigenvalue weighted by molar-refractivity contribution is 7.21. The van der Waals surface area contributed by atoms with E-state index in [1.807, 2.05) is 26.0 Å². The van der Waals surface area contributed by atoms with Gasteiger partial charge in [-0.1, -0.05) is 29.0 Å². The van der Waals surface area contributed by atoms with E-state index in [1.54, 1.807) is 34.7 Å². The molecule has 0 saturated heterocycles. The number of nitrogens with one attached hydrogen (secondary N) is 1. The maximum Gasteiger partial charge on any atom is 0.277 e. The summed E-state index contributed by atoms with van der Waals surface area (Å²) in [5.41, 5.74) is 2.98. The number of benzene rings is 1. The summed E-state index contributed by atoms with van der Waals surface area (Å²) in [5, 5.41) is 12.7. The Labute approximate surface area is 158 Å². The van der Waals surface area contributed by atoms with Crippen LogP contribution in [-0.2, 0) is 7.05 Å². The first kappa shape index (κ1) is 16.7. The minimum absolute atomic E-state index is 0.304. The molecule has 26 heavy (non-hydrogen) atoms. The van der Waals surface area contributed by atoms with Gasteiger partial charge in [0.2, 0.25) is 5.13 Å². The van der Waals surface area contributed by atoms with E-state index in [2.05, 4.69) is 20.5 Å². The Morgan fingerprint density at radius 1 is 1.23 bits per heavy atom. The molecule has 0 saturated carbocycles. The topological polar surface area (TPSA) is 77.6 Å². The molecule has 1 N–H and O–H groups in total. The van der Waals surface area contributed by atoms with Crippen LogP contribution in [0.2, 0.25) is 5.02 Å². The predicted molar refractivity (Wildman–Crippen MR) is 102 cm³/mol. The Hall–Kier alpha value is -2.71. The van der Waals surface area contributed by atoms with Gasteiger partial charge in [-0.3, -0.25) is 9.48 Å². The van der Waals surface area contributed by atoms with Crippen LogP contribution in [0.25, 0.3) is 15.3 Å². The van der Waals surface area contributed by atoms with Gasteiger partial charge in [-0.2, -0.15) is 14.9 Å². The third kappa shape index (κ3) is 2.87. The van der Waals surface area contributed by atoms with Crippen molar-refractivity contribution in [3.8, 4) is 5.13 Å². The summed E-state index contributed by atoms with van der Waals surface area (Å²) in [6, 6.07) is 7.25. The fraction of sp³-hybridized carbons (Fsp3) is 0.176. The van der Waals surface area contributed by atoms with Crippen LogP contribution < -0.4 is 5.32 Å². The van der Waals surface area contributed by atoms with Gasteiger partial charge in [0.05, 0.1) is 20.9 Å². The third-order valence-electron chi connectivity index (χ3n) is 3.89. The molecule has 7 nitrogen and oxygen atoms in total. The first-order valence-electron chi connectivity index (χ1n) is 7.86. The van der Waals surface area contributed by atoms with Gasteiger partial charge in [0.15, 0.2) is 5.69 Å². The zero-order valence-corrected chi connectivity index (χ0v) is 15.9. The first-order valence-corrected chi connectivity index (χ1v) is 9.05. The number of anilines is 1. The predicted octanol–water partition coefficient (Wildman–Crippen LogP) is 3.74. The second-order valence-corrected chi connectivity index (χ2v) is 7.33. The number of carbonyl (C=O) groups is 1. The number of hydrogen-bond donors (Lipinski definition) is 1. The monoisotopic (exact) mass is 386 g/mol. The molecule has 0 aliphatic heterocycles. The molecule has 0 aliphatic carbocycles. The van der Waals surface area contributed by atoms with Crippen LogP contribution >= 0.6 is 22.9 Å². The molecule has 132 valence electrons. The lowest BCUT2D eigenvalue weighted by Crippen LogP contribution is -2.16. The molecule has 1 amide bonds. The lowest BCUT2D eigenvalue weighted by atomic mass is 10.2. The summed E-state index contributed by atoms with van der Waals surface area (Å²) in [5.74, 6) is 0.230. The van der Waals surface area contributed by atoms with Gasteiger partial charge in [0, 0.05) is 19.3 Å². The summed E-state index contributed by atoms with van der Waals surface area (Å²) in [4.78, 5) is 17.1. The quantitative estimate of drug-likeness (QED) is 0.581. The Balaban J connectivity index is 1.75. The van der Waals surface area contributed by atoms with E-state index in [1.165, 1.54) is 11.3 Å². The van der Waals surface area contributed by atoms with Crippen LogP contribution in [-0.4, -0.2) is 30.5 Å². The first-order chi connectivity index (χ1) is 12.4. The van der Waals surface area contributed by atoms with Crippen molar-refractivity contribution in [1.29, 1.82) is 0 Å². The van der Waals surface area contributed by atoms with Gasteiger partial charge < -0.3 is 5.32 Å². The number of aryl methyl sites for hydroxylation is 3. The van der Waals surface area contributed by atoms with Crippen LogP contribution in [0.3, 0.4) is 0 Å². The molecule has 4 rings (SSSR count). The molecule has 3 aromatic heterocycles. The largest absolute Gasteiger partial charge is 0.305 e. The van der Waals surface area contributed by atoms with E-state index in [0.29, 0.717) is 21.7 Å². The smallest absolute Gasteiger partial charge is 0.277 e. The number of thiazole rings is 1. The number of nitrogens with zero attached hydrogens (tertiary/aromatic N) is 5. The summed E-state index contributed by atoms with van der Waals surface area (Å²) >= 11 is 7.73. The summed E-state index contributed by atoms with van der Waals surface area (Å²) in [7, 11) is 1.76. The van der Waals surface area contributed by atoms with E-state index in [0.717, 1.165) is 21.5 Å². The van der Waals surface area contributed by atoms with Gasteiger partial charge >= 0.3 is 0 Å². The van der Waals surface area contributed by atoms with Gasteiger partial charge in [-0.15, -0.1) is 0 Å². The average Bonchev–Trinajstić information content (AvgIpc) is 3.29. The number of carbonyl (C=O) groups excluding carboxylic acids is 1. The summed E-state index contributed by atoms with van der Waals surface area (Å²) in [6.07, 6.45) is 1.72. The number of hydrogen-bond acceptors (Lipinski definition) is 5. The molecule has 0 bridgehead atoms. The number of halogens is 1. The Morgan fingerprint density at radius 2 is 2.04 bits per heavy atom. The van der Waals surface area contributed by atoms with Crippen LogP contribution in [0.5, 0.6) is 0 Å². The van der Waals surface area contributed by atoms with Crippen molar-refractivity contribution in [2.45, 2.75) is 13.8 Å².